The average Bonchev–Trinajstić information content (AvgIpc) is 2.98. The van der Waals surface area contributed by atoms with E-state index in [1.165, 1.54) is 22.9 Å². The van der Waals surface area contributed by atoms with Gasteiger partial charge in [0.15, 0.2) is 5.82 Å². The van der Waals surface area contributed by atoms with Gasteiger partial charge in [-0.25, -0.2) is 13.5 Å². The number of amides is 1. The first-order valence-corrected chi connectivity index (χ1v) is 8.93. The zero-order valence-corrected chi connectivity index (χ0v) is 15.4. The zero-order valence-electron chi connectivity index (χ0n) is 14.6. The van der Waals surface area contributed by atoms with Crippen LogP contribution in [0, 0.1) is 18.6 Å². The molecule has 0 saturated heterocycles. The Morgan fingerprint density at radius 1 is 1.22 bits per heavy atom. The number of thioether (sulfide) groups is 1. The van der Waals surface area contributed by atoms with E-state index in [9.17, 15) is 13.6 Å². The Balaban J connectivity index is 1.71. The molecule has 0 aliphatic carbocycles. The molecule has 27 heavy (non-hydrogen) atoms. The molecule has 0 unspecified atom stereocenters. The maximum absolute atomic E-state index is 13.6. The van der Waals surface area contributed by atoms with Crippen LogP contribution >= 0.6 is 11.8 Å². The van der Waals surface area contributed by atoms with Gasteiger partial charge in [-0.1, -0.05) is 30.0 Å². The summed E-state index contributed by atoms with van der Waals surface area (Å²) in [7, 11) is 0. The van der Waals surface area contributed by atoms with Gasteiger partial charge in [0.25, 0.3) is 0 Å². The van der Waals surface area contributed by atoms with Crippen molar-refractivity contribution in [3.8, 4) is 11.4 Å². The van der Waals surface area contributed by atoms with Crippen molar-refractivity contribution in [1.29, 1.82) is 0 Å². The molecule has 0 radical (unpaired) electrons. The van der Waals surface area contributed by atoms with Crippen LogP contribution in [0.4, 0.5) is 14.5 Å². The van der Waals surface area contributed by atoms with Gasteiger partial charge < -0.3 is 11.2 Å². The SMILES string of the molecule is Cc1ccc(NC(=O)[C@H](C)Sc2nnc(-c3cccc(F)c3)n2N)cc1F. The first-order chi connectivity index (χ1) is 12.8. The van der Waals surface area contributed by atoms with Crippen molar-refractivity contribution in [2.75, 3.05) is 11.2 Å². The van der Waals surface area contributed by atoms with E-state index in [1.54, 1.807) is 38.1 Å². The van der Waals surface area contributed by atoms with Crippen molar-refractivity contribution in [2.45, 2.75) is 24.3 Å². The van der Waals surface area contributed by atoms with E-state index in [1.807, 2.05) is 0 Å². The van der Waals surface area contributed by atoms with Crippen molar-refractivity contribution in [1.82, 2.24) is 14.9 Å². The summed E-state index contributed by atoms with van der Waals surface area (Å²) < 4.78 is 28.2. The minimum Gasteiger partial charge on any atom is -0.335 e. The number of nitrogens with one attached hydrogen (secondary N) is 1. The highest BCUT2D eigenvalue weighted by Gasteiger charge is 2.20. The van der Waals surface area contributed by atoms with Crippen molar-refractivity contribution < 1.29 is 13.6 Å². The fraction of sp³-hybridized carbons (Fsp3) is 0.167. The van der Waals surface area contributed by atoms with Crippen LogP contribution in [0.15, 0.2) is 47.6 Å². The summed E-state index contributed by atoms with van der Waals surface area (Å²) in [5.41, 5.74) is 1.34. The molecule has 0 aliphatic heterocycles. The monoisotopic (exact) mass is 389 g/mol. The number of nitrogen functional groups attached to an aromatic ring is 1. The lowest BCUT2D eigenvalue weighted by atomic mass is 10.2. The van der Waals surface area contributed by atoms with Crippen molar-refractivity contribution >= 4 is 23.4 Å². The Morgan fingerprint density at radius 3 is 2.70 bits per heavy atom. The van der Waals surface area contributed by atoms with Crippen LogP contribution in [0.5, 0.6) is 0 Å². The molecule has 0 aliphatic rings. The van der Waals surface area contributed by atoms with Crippen molar-refractivity contribution in [3.05, 3.63) is 59.7 Å². The third-order valence-electron chi connectivity index (χ3n) is 3.84. The normalized spacial score (nSPS) is 12.0. The number of anilines is 1. The highest BCUT2D eigenvalue weighted by Crippen LogP contribution is 2.26. The number of aryl methyl sites for hydroxylation is 1. The van der Waals surface area contributed by atoms with Crippen LogP contribution < -0.4 is 11.2 Å². The first kappa shape index (κ1) is 18.8. The second-order valence-corrected chi connectivity index (χ2v) is 7.21. The fourth-order valence-electron chi connectivity index (χ4n) is 2.31. The summed E-state index contributed by atoms with van der Waals surface area (Å²) in [5.74, 6) is 5.13. The Labute approximate surface area is 158 Å². The van der Waals surface area contributed by atoms with Crippen LogP contribution in [-0.4, -0.2) is 26.0 Å². The Bertz CT molecular complexity index is 992. The smallest absolute Gasteiger partial charge is 0.237 e. The van der Waals surface area contributed by atoms with Crippen LogP contribution in [0.2, 0.25) is 0 Å². The van der Waals surface area contributed by atoms with E-state index >= 15 is 0 Å². The zero-order chi connectivity index (χ0) is 19.6. The summed E-state index contributed by atoms with van der Waals surface area (Å²) in [6.45, 7) is 3.31. The molecule has 3 N–H and O–H groups in total. The van der Waals surface area contributed by atoms with E-state index in [2.05, 4.69) is 15.5 Å². The molecule has 3 aromatic rings. The van der Waals surface area contributed by atoms with Gasteiger partial charge in [0, 0.05) is 11.3 Å². The maximum atomic E-state index is 13.6. The number of carbonyl (C=O) groups excluding carboxylic acids is 1. The largest absolute Gasteiger partial charge is 0.335 e. The maximum Gasteiger partial charge on any atom is 0.237 e. The summed E-state index contributed by atoms with van der Waals surface area (Å²) in [5, 5.41) is 10.3. The number of halogens is 2. The molecule has 3 rings (SSSR count). The highest BCUT2D eigenvalue weighted by molar-refractivity contribution is 8.00. The van der Waals surface area contributed by atoms with Gasteiger partial charge in [0.2, 0.25) is 11.1 Å². The molecule has 0 fully saturated rings. The third kappa shape index (κ3) is 4.25. The summed E-state index contributed by atoms with van der Waals surface area (Å²) in [4.78, 5) is 12.3. The molecule has 1 atom stereocenters. The van der Waals surface area contributed by atoms with Gasteiger partial charge >= 0.3 is 0 Å². The fourth-order valence-corrected chi connectivity index (χ4v) is 3.08. The topological polar surface area (TPSA) is 85.8 Å². The van der Waals surface area contributed by atoms with E-state index in [-0.39, 0.29) is 11.7 Å². The number of hydrogen-bond donors (Lipinski definition) is 2. The predicted octanol–water partition coefficient (Wildman–Crippen LogP) is 3.36. The van der Waals surface area contributed by atoms with Gasteiger partial charge in [-0.15, -0.1) is 10.2 Å². The van der Waals surface area contributed by atoms with Crippen LogP contribution in [-0.2, 0) is 4.79 Å². The summed E-state index contributed by atoms with van der Waals surface area (Å²) >= 11 is 1.09. The molecule has 1 heterocycles. The number of benzene rings is 2. The molecule has 0 saturated carbocycles. The lowest BCUT2D eigenvalue weighted by molar-refractivity contribution is -0.115. The van der Waals surface area contributed by atoms with Crippen LogP contribution in [0.25, 0.3) is 11.4 Å². The molecule has 140 valence electrons. The second-order valence-electron chi connectivity index (χ2n) is 5.90. The van der Waals surface area contributed by atoms with Gasteiger partial charge in [0.1, 0.15) is 11.6 Å². The number of rotatable bonds is 5. The minimum atomic E-state index is -0.568. The number of aromatic nitrogens is 3. The Hall–Kier alpha value is -2.94. The molecule has 2 aromatic carbocycles. The van der Waals surface area contributed by atoms with E-state index < -0.39 is 16.9 Å². The van der Waals surface area contributed by atoms with Crippen molar-refractivity contribution in [2.24, 2.45) is 0 Å². The predicted molar refractivity (Wildman–Crippen MR) is 101 cm³/mol. The van der Waals surface area contributed by atoms with Gasteiger partial charge in [-0.3, -0.25) is 4.79 Å². The Kier molecular flexibility index (Phi) is 5.41. The molecule has 1 amide bonds. The number of nitrogens with two attached hydrogens (primary N) is 1. The molecule has 0 bridgehead atoms. The third-order valence-corrected chi connectivity index (χ3v) is 4.89. The molecule has 0 spiro atoms. The lowest BCUT2D eigenvalue weighted by Gasteiger charge is -2.12. The lowest BCUT2D eigenvalue weighted by Crippen LogP contribution is -2.23. The molecule has 9 heteroatoms. The molecular formula is C18H17F2N5OS. The summed E-state index contributed by atoms with van der Waals surface area (Å²) in [6, 6.07) is 10.3. The average molecular weight is 389 g/mol. The molecule has 1 aromatic heterocycles. The minimum absolute atomic E-state index is 0.283. The number of carbonyl (C=O) groups is 1. The summed E-state index contributed by atoms with van der Waals surface area (Å²) in [6.07, 6.45) is 0. The standard InChI is InChI=1S/C18H17F2N5OS/c1-10-6-7-14(9-15(10)20)22-17(26)11(2)27-18-24-23-16(25(18)21)12-4-3-5-13(19)8-12/h3-9,11H,21H2,1-2H3,(H,22,26)/t11-/m0/s1. The van der Waals surface area contributed by atoms with E-state index in [4.69, 9.17) is 5.84 Å². The van der Waals surface area contributed by atoms with Crippen molar-refractivity contribution in [3.63, 3.8) is 0 Å². The van der Waals surface area contributed by atoms with Crippen LogP contribution in [0.3, 0.4) is 0 Å². The van der Waals surface area contributed by atoms with Gasteiger partial charge in [0.05, 0.1) is 5.25 Å². The quantitative estimate of drug-likeness (QED) is 0.516. The Morgan fingerprint density at radius 2 is 2.00 bits per heavy atom. The molecule has 6 nitrogen and oxygen atoms in total. The second kappa shape index (κ2) is 7.75. The van der Waals surface area contributed by atoms with E-state index in [0.717, 1.165) is 11.8 Å². The highest BCUT2D eigenvalue weighted by atomic mass is 32.2. The van der Waals surface area contributed by atoms with Gasteiger partial charge in [-0.05, 0) is 43.7 Å². The van der Waals surface area contributed by atoms with E-state index in [0.29, 0.717) is 22.0 Å². The number of nitrogens with zero attached hydrogens (tertiary/aromatic N) is 3. The number of hydrogen-bond acceptors (Lipinski definition) is 5. The molecular weight excluding hydrogens is 372 g/mol. The first-order valence-electron chi connectivity index (χ1n) is 8.05. The van der Waals surface area contributed by atoms with Crippen LogP contribution in [0.1, 0.15) is 12.5 Å². The van der Waals surface area contributed by atoms with Gasteiger partial charge in [-0.2, -0.15) is 0 Å².